The van der Waals surface area contributed by atoms with Crippen LogP contribution in [0.15, 0.2) is 72.8 Å². The Bertz CT molecular complexity index is 1250. The zero-order chi connectivity index (χ0) is 24.5. The zero-order valence-electron chi connectivity index (χ0n) is 19.4. The molecule has 2 fully saturated rings. The number of fused-ring (bicyclic) bond motifs is 1. The normalized spacial score (nSPS) is 21.9. The average molecular weight is 477 g/mol. The van der Waals surface area contributed by atoms with E-state index in [1.54, 1.807) is 25.2 Å². The van der Waals surface area contributed by atoms with Gasteiger partial charge in [0.2, 0.25) is 5.91 Å². The molecular formula is C27H25FN2O5. The highest BCUT2D eigenvalue weighted by atomic mass is 19.1. The summed E-state index contributed by atoms with van der Waals surface area (Å²) in [5.74, 6) is -1.44. The van der Waals surface area contributed by atoms with Gasteiger partial charge in [-0.2, -0.15) is 5.06 Å². The van der Waals surface area contributed by atoms with E-state index in [0.717, 1.165) is 16.0 Å². The van der Waals surface area contributed by atoms with Gasteiger partial charge in [0.1, 0.15) is 12.4 Å². The first-order valence-electron chi connectivity index (χ1n) is 11.4. The van der Waals surface area contributed by atoms with Crippen LogP contribution in [0.1, 0.15) is 24.1 Å². The molecule has 0 spiro atoms. The number of carbonyl (C=O) groups excluding carboxylic acids is 2. The summed E-state index contributed by atoms with van der Waals surface area (Å²) in [5, 5.41) is 1.51. The van der Waals surface area contributed by atoms with E-state index in [-0.39, 0.29) is 5.69 Å². The quantitative estimate of drug-likeness (QED) is 0.474. The maximum absolute atomic E-state index is 14.4. The van der Waals surface area contributed by atoms with Gasteiger partial charge in [-0.1, -0.05) is 48.5 Å². The first-order chi connectivity index (χ1) is 17.0. The van der Waals surface area contributed by atoms with Gasteiger partial charge in [-0.25, -0.2) is 9.29 Å². The lowest BCUT2D eigenvalue weighted by atomic mass is 9.91. The highest BCUT2D eigenvalue weighted by molar-refractivity contribution is 6.23. The van der Waals surface area contributed by atoms with Gasteiger partial charge in [-0.3, -0.25) is 14.4 Å². The Labute approximate surface area is 202 Å². The third kappa shape index (κ3) is 4.15. The molecule has 8 heteroatoms. The lowest BCUT2D eigenvalue weighted by Crippen LogP contribution is -2.36. The number of ether oxygens (including phenoxy) is 2. The van der Waals surface area contributed by atoms with Crippen molar-refractivity contribution in [1.29, 1.82) is 0 Å². The number of nitrogens with zero attached hydrogens (tertiary/aromatic N) is 2. The van der Waals surface area contributed by atoms with Crippen LogP contribution in [0.5, 0.6) is 11.5 Å². The minimum absolute atomic E-state index is 0.0680. The van der Waals surface area contributed by atoms with Crippen LogP contribution in [0.3, 0.4) is 0 Å². The van der Waals surface area contributed by atoms with Gasteiger partial charge < -0.3 is 9.47 Å². The second kappa shape index (κ2) is 9.48. The minimum Gasteiger partial charge on any atom is -0.490 e. The van der Waals surface area contributed by atoms with Gasteiger partial charge in [0.25, 0.3) is 5.91 Å². The van der Waals surface area contributed by atoms with E-state index in [0.29, 0.717) is 24.7 Å². The van der Waals surface area contributed by atoms with Crippen molar-refractivity contribution in [3.8, 4) is 11.5 Å². The summed E-state index contributed by atoms with van der Waals surface area (Å²) in [5.41, 5.74) is 1.68. The average Bonchev–Trinajstić information content (AvgIpc) is 3.32. The third-order valence-corrected chi connectivity index (χ3v) is 6.25. The van der Waals surface area contributed by atoms with Crippen molar-refractivity contribution >= 4 is 17.5 Å². The lowest BCUT2D eigenvalue weighted by Gasteiger charge is -2.25. The van der Waals surface area contributed by atoms with Crippen LogP contribution in [0.2, 0.25) is 0 Å². The number of carbonyl (C=O) groups is 2. The molecule has 2 amide bonds. The zero-order valence-corrected chi connectivity index (χ0v) is 19.4. The van der Waals surface area contributed by atoms with E-state index in [1.165, 1.54) is 23.3 Å². The molecule has 3 atom stereocenters. The van der Waals surface area contributed by atoms with E-state index in [1.807, 2.05) is 43.3 Å². The molecule has 2 aliphatic rings. The standard InChI is InChI=1S/C27H25FN2O5/c1-3-33-22-15-18(13-14-21(22)34-16-17-9-5-4-6-10-17)24-23-25(35-29(24)2)27(32)30(26(23)31)20-12-8-7-11-19(20)28/h4-15,23-25H,3,16H2,1-2H3/t23-,24-,25-/m1/s1. The lowest BCUT2D eigenvalue weighted by molar-refractivity contribution is -0.160. The molecule has 2 heterocycles. The molecule has 0 radical (unpaired) electrons. The van der Waals surface area contributed by atoms with E-state index >= 15 is 0 Å². The molecule has 0 bridgehead atoms. The SMILES string of the molecule is CCOc1cc([C@@H]2[C@H]3C(=O)N(c4ccccc4F)C(=O)[C@@H]3ON2C)ccc1OCc1ccccc1. The van der Waals surface area contributed by atoms with Crippen molar-refractivity contribution in [1.82, 2.24) is 5.06 Å². The van der Waals surface area contributed by atoms with Crippen molar-refractivity contribution in [2.24, 2.45) is 5.92 Å². The van der Waals surface area contributed by atoms with Crippen molar-refractivity contribution in [2.45, 2.75) is 25.7 Å². The molecule has 0 aliphatic carbocycles. The molecule has 35 heavy (non-hydrogen) atoms. The van der Waals surface area contributed by atoms with E-state index in [2.05, 4.69) is 0 Å². The monoisotopic (exact) mass is 476 g/mol. The predicted octanol–water partition coefficient (Wildman–Crippen LogP) is 4.28. The Balaban J connectivity index is 1.44. The Kier molecular flexibility index (Phi) is 6.23. The number of rotatable bonds is 7. The molecule has 2 saturated heterocycles. The minimum atomic E-state index is -1.03. The number of para-hydroxylation sites is 1. The topological polar surface area (TPSA) is 68.3 Å². The molecule has 3 aromatic rings. The number of amides is 2. The van der Waals surface area contributed by atoms with Crippen LogP contribution >= 0.6 is 0 Å². The van der Waals surface area contributed by atoms with Crippen LogP contribution in [0.25, 0.3) is 0 Å². The van der Waals surface area contributed by atoms with Gasteiger partial charge in [0, 0.05) is 7.05 Å². The molecule has 2 aliphatic heterocycles. The summed E-state index contributed by atoms with van der Waals surface area (Å²) in [7, 11) is 1.68. The van der Waals surface area contributed by atoms with E-state index in [4.69, 9.17) is 14.3 Å². The second-order valence-corrected chi connectivity index (χ2v) is 8.42. The summed E-state index contributed by atoms with van der Waals surface area (Å²) in [4.78, 5) is 33.1. The first kappa shape index (κ1) is 23.0. The summed E-state index contributed by atoms with van der Waals surface area (Å²) < 4.78 is 26.2. The highest BCUT2D eigenvalue weighted by Crippen LogP contribution is 2.46. The second-order valence-electron chi connectivity index (χ2n) is 8.42. The number of benzene rings is 3. The fourth-order valence-electron chi connectivity index (χ4n) is 4.67. The van der Waals surface area contributed by atoms with Gasteiger partial charge in [-0.15, -0.1) is 0 Å². The first-order valence-corrected chi connectivity index (χ1v) is 11.4. The molecule has 3 aromatic carbocycles. The number of hydroxylamine groups is 2. The Morgan fingerprint density at radius 3 is 2.40 bits per heavy atom. The van der Waals surface area contributed by atoms with Gasteiger partial charge in [-0.05, 0) is 42.3 Å². The van der Waals surface area contributed by atoms with Gasteiger partial charge in [0.05, 0.1) is 24.3 Å². The van der Waals surface area contributed by atoms with Crippen LogP contribution in [-0.2, 0) is 21.0 Å². The molecule has 7 nitrogen and oxygen atoms in total. The summed E-state index contributed by atoms with van der Waals surface area (Å²) >= 11 is 0. The van der Waals surface area contributed by atoms with Crippen molar-refractivity contribution in [3.63, 3.8) is 0 Å². The maximum atomic E-state index is 14.4. The summed E-state index contributed by atoms with van der Waals surface area (Å²) in [6.07, 6.45) is -1.03. The highest BCUT2D eigenvalue weighted by Gasteiger charge is 2.59. The molecule has 5 rings (SSSR count). The molecule has 0 N–H and O–H groups in total. The Morgan fingerprint density at radius 1 is 0.914 bits per heavy atom. The number of anilines is 1. The number of halogens is 1. The number of hydrogen-bond acceptors (Lipinski definition) is 6. The summed E-state index contributed by atoms with van der Waals surface area (Å²) in [6, 6.07) is 20.4. The van der Waals surface area contributed by atoms with E-state index in [9.17, 15) is 14.0 Å². The van der Waals surface area contributed by atoms with Gasteiger partial charge >= 0.3 is 0 Å². The van der Waals surface area contributed by atoms with Crippen LogP contribution in [0.4, 0.5) is 10.1 Å². The molecular weight excluding hydrogens is 451 g/mol. The number of imide groups is 1. The largest absolute Gasteiger partial charge is 0.490 e. The summed E-state index contributed by atoms with van der Waals surface area (Å²) in [6.45, 7) is 2.68. The molecule has 180 valence electrons. The van der Waals surface area contributed by atoms with Crippen molar-refractivity contribution in [2.75, 3.05) is 18.6 Å². The Morgan fingerprint density at radius 2 is 1.66 bits per heavy atom. The Hall–Kier alpha value is -3.75. The molecule has 0 saturated carbocycles. The molecule has 0 unspecified atom stereocenters. The fourth-order valence-corrected chi connectivity index (χ4v) is 4.67. The fraction of sp³-hybridized carbons (Fsp3) is 0.259. The molecule has 0 aromatic heterocycles. The van der Waals surface area contributed by atoms with Crippen LogP contribution in [0, 0.1) is 11.7 Å². The predicted molar refractivity (Wildman–Crippen MR) is 126 cm³/mol. The van der Waals surface area contributed by atoms with Crippen LogP contribution in [-0.4, -0.2) is 36.6 Å². The van der Waals surface area contributed by atoms with Crippen molar-refractivity contribution < 1.29 is 28.3 Å². The third-order valence-electron chi connectivity index (χ3n) is 6.25. The van der Waals surface area contributed by atoms with Gasteiger partial charge in [0.15, 0.2) is 17.6 Å². The maximum Gasteiger partial charge on any atom is 0.266 e. The van der Waals surface area contributed by atoms with Crippen LogP contribution < -0.4 is 14.4 Å². The smallest absolute Gasteiger partial charge is 0.266 e. The van der Waals surface area contributed by atoms with E-state index < -0.39 is 35.7 Å². The van der Waals surface area contributed by atoms with Crippen molar-refractivity contribution in [3.05, 3.63) is 89.7 Å². The number of hydrogen-bond donors (Lipinski definition) is 0.